The average molecular weight is 419 g/mol. The lowest BCUT2D eigenvalue weighted by Gasteiger charge is -2.32. The molecule has 0 radical (unpaired) electrons. The van der Waals surface area contributed by atoms with E-state index < -0.39 is 0 Å². The van der Waals surface area contributed by atoms with Crippen LogP contribution < -0.4 is 10.6 Å². The number of thiophene rings is 1. The number of nitrogens with two attached hydrogens (primary N) is 1. The molecule has 1 aromatic heterocycles. The normalized spacial score (nSPS) is 13.8. The van der Waals surface area contributed by atoms with E-state index in [0.717, 1.165) is 48.6 Å². The molecule has 26 heavy (non-hydrogen) atoms. The monoisotopic (exact) mass is 418 g/mol. The van der Waals surface area contributed by atoms with Gasteiger partial charge in [-0.1, -0.05) is 6.07 Å². The van der Waals surface area contributed by atoms with Crippen molar-refractivity contribution in [3.63, 3.8) is 0 Å². The van der Waals surface area contributed by atoms with Gasteiger partial charge in [0.25, 0.3) is 0 Å². The number of fused-ring (bicyclic) bond motifs is 1. The lowest BCUT2D eigenvalue weighted by molar-refractivity contribution is 0.410. The molecule has 0 amide bonds. The first-order valence-corrected chi connectivity index (χ1v) is 9.02. The number of hydrogen-bond acceptors (Lipinski definition) is 4. The molecule has 0 unspecified atom stereocenters. The predicted octanol–water partition coefficient (Wildman–Crippen LogP) is 4.08. The molecule has 8 heteroatoms. The molecule has 0 saturated heterocycles. The molecule has 2 heterocycles. The van der Waals surface area contributed by atoms with E-state index in [-0.39, 0.29) is 30.6 Å². The summed E-state index contributed by atoms with van der Waals surface area (Å²) in [6, 6.07) is 7.31. The largest absolute Gasteiger partial charge is 0.383 e. The molecule has 2 N–H and O–H groups in total. The highest BCUT2D eigenvalue weighted by Crippen LogP contribution is 2.33. The van der Waals surface area contributed by atoms with Crippen molar-refractivity contribution >= 4 is 53.4 Å². The summed E-state index contributed by atoms with van der Waals surface area (Å²) in [5.41, 5.74) is 8.38. The highest BCUT2D eigenvalue weighted by Gasteiger charge is 2.21. The van der Waals surface area contributed by atoms with Crippen LogP contribution in [0, 0.1) is 5.82 Å². The van der Waals surface area contributed by atoms with Gasteiger partial charge in [0.2, 0.25) is 0 Å². The number of nitrogens with zero attached hydrogens (tertiary/aromatic N) is 3. The third-order valence-corrected chi connectivity index (χ3v) is 5.05. The Balaban J connectivity index is 0.00000169. The van der Waals surface area contributed by atoms with Crippen LogP contribution in [0.25, 0.3) is 0 Å². The van der Waals surface area contributed by atoms with Crippen LogP contribution >= 0.6 is 36.2 Å². The number of anilines is 1. The van der Waals surface area contributed by atoms with Crippen LogP contribution in [0.5, 0.6) is 0 Å². The van der Waals surface area contributed by atoms with E-state index in [1.54, 1.807) is 0 Å². The van der Waals surface area contributed by atoms with Crippen LogP contribution in [-0.2, 0) is 6.42 Å². The first-order chi connectivity index (χ1) is 11.5. The molecule has 0 atom stereocenters. The molecule has 144 valence electrons. The molecular formula is C18H25Cl2FN4S. The minimum atomic E-state index is -0.205. The van der Waals surface area contributed by atoms with Crippen molar-refractivity contribution < 1.29 is 4.39 Å². The number of benzene rings is 1. The molecule has 2 aromatic rings. The molecule has 0 fully saturated rings. The van der Waals surface area contributed by atoms with Crippen molar-refractivity contribution in [2.75, 3.05) is 38.6 Å². The van der Waals surface area contributed by atoms with Crippen molar-refractivity contribution in [2.45, 2.75) is 12.8 Å². The van der Waals surface area contributed by atoms with Crippen LogP contribution in [0.3, 0.4) is 0 Å². The topological polar surface area (TPSA) is 44.9 Å². The standard InChI is InChI=1S/C18H23FN4S.2ClH/c1-22(2)8-9-23-7-3-5-13-11-14(12-15(19)17(13)23)21-18(20)16-6-4-10-24-16;;/h4,6,10-12H,3,5,7-9H2,1-2H3,(H2,20,21);2*1H. The minimum absolute atomic E-state index is 0. The van der Waals surface area contributed by atoms with Crippen molar-refractivity contribution in [3.05, 3.63) is 45.9 Å². The van der Waals surface area contributed by atoms with Crippen LogP contribution in [0.15, 0.2) is 34.6 Å². The first kappa shape index (κ1) is 22.7. The number of likely N-dealkylation sites (N-methyl/N-ethyl adjacent to an activating group) is 1. The van der Waals surface area contributed by atoms with E-state index in [2.05, 4.69) is 14.8 Å². The Kier molecular flexibility index (Phi) is 8.83. The smallest absolute Gasteiger partial charge is 0.148 e. The third kappa shape index (κ3) is 5.33. The summed E-state index contributed by atoms with van der Waals surface area (Å²) >= 11 is 1.53. The number of hydrogen-bond donors (Lipinski definition) is 1. The molecule has 1 aromatic carbocycles. The van der Waals surface area contributed by atoms with Gasteiger partial charge in [-0.2, -0.15) is 0 Å². The van der Waals surface area contributed by atoms with E-state index >= 15 is 0 Å². The summed E-state index contributed by atoms with van der Waals surface area (Å²) in [5, 5.41) is 1.95. The molecule has 0 spiro atoms. The summed E-state index contributed by atoms with van der Waals surface area (Å²) in [4.78, 5) is 9.57. The summed E-state index contributed by atoms with van der Waals surface area (Å²) in [7, 11) is 4.07. The molecule has 1 aliphatic heterocycles. The fourth-order valence-corrected chi connectivity index (χ4v) is 3.61. The Labute approximate surface area is 170 Å². The molecule has 4 nitrogen and oxygen atoms in total. The maximum Gasteiger partial charge on any atom is 0.148 e. The van der Waals surface area contributed by atoms with Crippen LogP contribution in [0.4, 0.5) is 15.8 Å². The second-order valence-electron chi connectivity index (χ2n) is 6.30. The molecule has 0 aliphatic carbocycles. The lowest BCUT2D eigenvalue weighted by atomic mass is 10.0. The molecular weight excluding hydrogens is 394 g/mol. The van der Waals surface area contributed by atoms with Gasteiger partial charge in [0.15, 0.2) is 0 Å². The van der Waals surface area contributed by atoms with Gasteiger partial charge in [-0.25, -0.2) is 9.38 Å². The number of aryl methyl sites for hydroxylation is 1. The quantitative estimate of drug-likeness (QED) is 0.587. The van der Waals surface area contributed by atoms with E-state index in [4.69, 9.17) is 5.73 Å². The van der Waals surface area contributed by atoms with Crippen LogP contribution in [-0.4, -0.2) is 44.5 Å². The van der Waals surface area contributed by atoms with Gasteiger partial charge < -0.3 is 15.5 Å². The van der Waals surface area contributed by atoms with Gasteiger partial charge >= 0.3 is 0 Å². The van der Waals surface area contributed by atoms with Gasteiger partial charge in [-0.05, 0) is 50.0 Å². The summed E-state index contributed by atoms with van der Waals surface area (Å²) in [5.74, 6) is 0.230. The minimum Gasteiger partial charge on any atom is -0.383 e. The van der Waals surface area contributed by atoms with Gasteiger partial charge in [0, 0.05) is 25.7 Å². The summed E-state index contributed by atoms with van der Waals surface area (Å²) in [6.45, 7) is 2.64. The highest BCUT2D eigenvalue weighted by atomic mass is 35.5. The van der Waals surface area contributed by atoms with E-state index in [1.165, 1.54) is 17.4 Å². The maximum atomic E-state index is 14.7. The Hall–Kier alpha value is -1.34. The van der Waals surface area contributed by atoms with Crippen LogP contribution in [0.2, 0.25) is 0 Å². The average Bonchev–Trinajstić information content (AvgIpc) is 3.07. The predicted molar refractivity (Wildman–Crippen MR) is 115 cm³/mol. The number of aliphatic imine (C=N–C) groups is 1. The van der Waals surface area contributed by atoms with Crippen molar-refractivity contribution in [1.29, 1.82) is 0 Å². The third-order valence-electron chi connectivity index (χ3n) is 4.16. The van der Waals surface area contributed by atoms with Gasteiger partial charge in [0.1, 0.15) is 11.7 Å². The molecule has 1 aliphatic rings. The lowest BCUT2D eigenvalue weighted by Crippen LogP contribution is -2.36. The zero-order chi connectivity index (χ0) is 17.1. The van der Waals surface area contributed by atoms with E-state index in [1.807, 2.05) is 37.7 Å². The Morgan fingerprint density at radius 1 is 1.35 bits per heavy atom. The van der Waals surface area contributed by atoms with Crippen molar-refractivity contribution in [3.8, 4) is 0 Å². The van der Waals surface area contributed by atoms with Gasteiger partial charge in [0.05, 0.1) is 16.3 Å². The highest BCUT2D eigenvalue weighted by molar-refractivity contribution is 7.12. The first-order valence-electron chi connectivity index (χ1n) is 8.15. The zero-order valence-corrected chi connectivity index (χ0v) is 17.4. The van der Waals surface area contributed by atoms with Crippen LogP contribution in [0.1, 0.15) is 16.9 Å². The Morgan fingerprint density at radius 2 is 2.12 bits per heavy atom. The summed E-state index contributed by atoms with van der Waals surface area (Å²) < 4.78 is 14.7. The van der Waals surface area contributed by atoms with Crippen molar-refractivity contribution in [1.82, 2.24) is 4.90 Å². The molecule has 0 saturated carbocycles. The number of rotatable bonds is 5. The second kappa shape index (κ2) is 10.1. The maximum absolute atomic E-state index is 14.7. The SMILES string of the molecule is CN(C)CCN1CCCc2cc(N=C(N)c3cccs3)cc(F)c21.Cl.Cl. The molecule has 0 bridgehead atoms. The second-order valence-corrected chi connectivity index (χ2v) is 7.25. The summed E-state index contributed by atoms with van der Waals surface area (Å²) in [6.07, 6.45) is 1.92. The zero-order valence-electron chi connectivity index (χ0n) is 14.9. The fraction of sp³-hybridized carbons (Fsp3) is 0.389. The molecule has 3 rings (SSSR count). The van der Waals surface area contributed by atoms with E-state index in [9.17, 15) is 4.39 Å². The Morgan fingerprint density at radius 3 is 2.77 bits per heavy atom. The van der Waals surface area contributed by atoms with Gasteiger partial charge in [-0.3, -0.25) is 0 Å². The number of halogens is 3. The number of amidine groups is 1. The van der Waals surface area contributed by atoms with E-state index in [0.29, 0.717) is 11.5 Å². The fourth-order valence-electron chi connectivity index (χ4n) is 2.98. The van der Waals surface area contributed by atoms with Crippen molar-refractivity contribution in [2.24, 2.45) is 10.7 Å². The Bertz CT molecular complexity index is 735. The van der Waals surface area contributed by atoms with Gasteiger partial charge in [-0.15, -0.1) is 36.2 Å².